The second-order valence-corrected chi connectivity index (χ2v) is 4.70. The van der Waals surface area contributed by atoms with Crippen LogP contribution in [0.3, 0.4) is 0 Å². The first-order valence-corrected chi connectivity index (χ1v) is 6.81. The number of fused-ring (bicyclic) bond motifs is 2. The Bertz CT molecular complexity index is 851. The third-order valence-corrected chi connectivity index (χ3v) is 3.22. The molecule has 0 aliphatic carbocycles. The summed E-state index contributed by atoms with van der Waals surface area (Å²) in [5, 5.41) is 20.5. The second kappa shape index (κ2) is 7.34. The molecule has 112 valence electrons. The number of nitrogens with zero attached hydrogens (tertiary/aromatic N) is 2. The van der Waals surface area contributed by atoms with E-state index >= 15 is 0 Å². The molecule has 2 aromatic heterocycles. The van der Waals surface area contributed by atoms with Crippen LogP contribution in [-0.4, -0.2) is 30.3 Å². The van der Waals surface area contributed by atoms with Crippen molar-refractivity contribution in [2.24, 2.45) is 0 Å². The molecule has 0 spiro atoms. The Hall–Kier alpha value is -2.97. The molecule has 0 aliphatic rings. The molecule has 0 saturated carbocycles. The summed E-state index contributed by atoms with van der Waals surface area (Å²) in [6.45, 7) is 0. The van der Waals surface area contributed by atoms with Gasteiger partial charge in [-0.05, 0) is 24.3 Å². The summed E-state index contributed by atoms with van der Waals surface area (Å²) >= 11 is 0. The number of pyridine rings is 2. The van der Waals surface area contributed by atoms with Crippen LogP contribution in [0.2, 0.25) is 0 Å². The minimum absolute atomic E-state index is 0. The van der Waals surface area contributed by atoms with Crippen LogP contribution in [0.15, 0.2) is 73.1 Å². The predicted molar refractivity (Wildman–Crippen MR) is 94.8 cm³/mol. The smallest absolute Gasteiger partial charge is 1.00 e. The van der Waals surface area contributed by atoms with Gasteiger partial charge >= 0.3 is 10.1 Å². The first kappa shape index (κ1) is 16.4. The van der Waals surface area contributed by atoms with Crippen LogP contribution in [-0.2, 0) is 0 Å². The molecular weight excluding hydrogens is 285 g/mol. The Balaban J connectivity index is 0.000000411. The van der Waals surface area contributed by atoms with Crippen molar-refractivity contribution in [3.63, 3.8) is 0 Å². The molecule has 0 amide bonds. The number of hydrogen-bond donors (Lipinski definition) is 2. The molecular formula is C18H16BeN2O2. The van der Waals surface area contributed by atoms with Crippen molar-refractivity contribution in [2.75, 3.05) is 0 Å². The maximum atomic E-state index is 9.31. The largest absolute Gasteiger partial charge is 2.00 e. The van der Waals surface area contributed by atoms with Crippen LogP contribution in [0.1, 0.15) is 2.85 Å². The fourth-order valence-electron chi connectivity index (χ4n) is 2.18. The van der Waals surface area contributed by atoms with Crippen LogP contribution in [0.4, 0.5) is 0 Å². The monoisotopic (exact) mass is 301 g/mol. The molecule has 5 heteroatoms. The van der Waals surface area contributed by atoms with Gasteiger partial charge in [0, 0.05) is 23.2 Å². The van der Waals surface area contributed by atoms with Gasteiger partial charge in [0.15, 0.2) is 0 Å². The summed E-state index contributed by atoms with van der Waals surface area (Å²) in [7, 11) is 0. The van der Waals surface area contributed by atoms with Crippen LogP contribution >= 0.6 is 0 Å². The van der Waals surface area contributed by atoms with E-state index in [0.29, 0.717) is 11.0 Å². The third kappa shape index (κ3) is 3.62. The second-order valence-electron chi connectivity index (χ2n) is 4.70. The van der Waals surface area contributed by atoms with E-state index in [1.54, 1.807) is 36.7 Å². The molecule has 2 heterocycles. The van der Waals surface area contributed by atoms with Gasteiger partial charge in [-0.25, -0.2) is 0 Å². The number of rotatable bonds is 0. The van der Waals surface area contributed by atoms with E-state index in [9.17, 15) is 10.2 Å². The Labute approximate surface area is 140 Å². The summed E-state index contributed by atoms with van der Waals surface area (Å²) < 4.78 is 0. The van der Waals surface area contributed by atoms with E-state index in [4.69, 9.17) is 0 Å². The molecule has 0 atom stereocenters. The summed E-state index contributed by atoms with van der Waals surface area (Å²) in [5.41, 5.74) is 1.32. The van der Waals surface area contributed by atoms with Crippen molar-refractivity contribution >= 4 is 31.9 Å². The Morgan fingerprint density at radius 3 is 1.39 bits per heavy atom. The van der Waals surface area contributed by atoms with Gasteiger partial charge in [0.1, 0.15) is 22.5 Å². The van der Waals surface area contributed by atoms with Gasteiger partial charge in [0.2, 0.25) is 0 Å². The van der Waals surface area contributed by atoms with Crippen LogP contribution in [0.25, 0.3) is 21.8 Å². The van der Waals surface area contributed by atoms with Crippen molar-refractivity contribution in [3.8, 4) is 11.5 Å². The number of aromatic hydroxyl groups is 2. The number of aromatic nitrogens is 2. The molecule has 4 aromatic rings. The SMILES string of the molecule is Oc1cccc2cccnc12.Oc1cccc2cccnc12.[Be+2].[H-].[H-]. The zero-order valence-electron chi connectivity index (χ0n) is 14.4. The summed E-state index contributed by atoms with van der Waals surface area (Å²) in [6.07, 6.45) is 3.34. The van der Waals surface area contributed by atoms with E-state index in [1.165, 1.54) is 0 Å². The molecule has 0 radical (unpaired) electrons. The molecule has 0 fully saturated rings. The zero-order chi connectivity index (χ0) is 15.4. The molecule has 4 rings (SSSR count). The summed E-state index contributed by atoms with van der Waals surface area (Å²) in [4.78, 5) is 8.06. The summed E-state index contributed by atoms with van der Waals surface area (Å²) in [5.74, 6) is 0.478. The van der Waals surface area contributed by atoms with Crippen molar-refractivity contribution in [3.05, 3.63) is 73.1 Å². The Morgan fingerprint density at radius 2 is 1.00 bits per heavy atom. The quantitative estimate of drug-likeness (QED) is 0.486. The zero-order valence-corrected chi connectivity index (χ0v) is 12.4. The van der Waals surface area contributed by atoms with Crippen LogP contribution < -0.4 is 0 Å². The Morgan fingerprint density at radius 1 is 0.609 bits per heavy atom. The van der Waals surface area contributed by atoms with Gasteiger partial charge in [-0.15, -0.1) is 0 Å². The van der Waals surface area contributed by atoms with Gasteiger partial charge < -0.3 is 13.1 Å². The minimum Gasteiger partial charge on any atom is -1.00 e. The van der Waals surface area contributed by atoms with Gasteiger partial charge in [-0.3, -0.25) is 9.97 Å². The predicted octanol–water partition coefficient (Wildman–Crippen LogP) is 3.73. The molecule has 4 nitrogen and oxygen atoms in total. The molecule has 0 aliphatic heterocycles. The van der Waals surface area contributed by atoms with E-state index in [1.807, 2.05) is 36.4 Å². The standard InChI is InChI=1S/2C9H7NO.Be.2H/c2*11-8-5-1-3-7-4-2-6-10-9(7)8;;;/h2*1-6,11H;;;/q;;+2;2*-1. The average Bonchev–Trinajstić information content (AvgIpc) is 2.57. The minimum atomic E-state index is 0. The number of para-hydroxylation sites is 2. The molecule has 0 saturated heterocycles. The van der Waals surface area contributed by atoms with Gasteiger partial charge in [0.25, 0.3) is 0 Å². The van der Waals surface area contributed by atoms with E-state index in [-0.39, 0.29) is 24.5 Å². The molecule has 0 bridgehead atoms. The Kier molecular flexibility index (Phi) is 5.23. The molecule has 23 heavy (non-hydrogen) atoms. The van der Waals surface area contributed by atoms with Crippen molar-refractivity contribution in [2.45, 2.75) is 0 Å². The maximum absolute atomic E-state index is 9.31. The topological polar surface area (TPSA) is 66.2 Å². The van der Waals surface area contributed by atoms with Gasteiger partial charge in [-0.1, -0.05) is 36.4 Å². The van der Waals surface area contributed by atoms with Crippen LogP contribution in [0, 0.1) is 0 Å². The first-order valence-electron chi connectivity index (χ1n) is 6.81. The normalized spacial score (nSPS) is 9.74. The molecule has 0 unspecified atom stereocenters. The number of benzene rings is 2. The molecule has 2 N–H and O–H groups in total. The number of phenols is 2. The summed E-state index contributed by atoms with van der Waals surface area (Å²) in [6, 6.07) is 18.3. The van der Waals surface area contributed by atoms with Crippen molar-refractivity contribution in [1.29, 1.82) is 0 Å². The fourth-order valence-corrected chi connectivity index (χ4v) is 2.18. The van der Waals surface area contributed by atoms with E-state index in [0.717, 1.165) is 10.8 Å². The van der Waals surface area contributed by atoms with Gasteiger partial charge in [0.05, 0.1) is 0 Å². The third-order valence-electron chi connectivity index (χ3n) is 3.22. The van der Waals surface area contributed by atoms with Gasteiger partial charge in [-0.2, -0.15) is 0 Å². The van der Waals surface area contributed by atoms with Crippen molar-refractivity contribution < 1.29 is 13.1 Å². The average molecular weight is 301 g/mol. The van der Waals surface area contributed by atoms with E-state index in [2.05, 4.69) is 9.97 Å². The number of hydrogen-bond acceptors (Lipinski definition) is 4. The van der Waals surface area contributed by atoms with Crippen LogP contribution in [0.5, 0.6) is 11.5 Å². The number of phenolic OH excluding ortho intramolecular Hbond substituents is 2. The first-order chi connectivity index (χ1) is 10.8. The maximum Gasteiger partial charge on any atom is 2.00 e. The van der Waals surface area contributed by atoms with E-state index < -0.39 is 0 Å². The molecule has 2 aromatic carbocycles. The van der Waals surface area contributed by atoms with Crippen molar-refractivity contribution in [1.82, 2.24) is 9.97 Å². The fraction of sp³-hybridized carbons (Fsp3) is 0.